The van der Waals surface area contributed by atoms with Crippen LogP contribution in [0.2, 0.25) is 0 Å². The maximum atomic E-state index is 12.8. The van der Waals surface area contributed by atoms with Crippen molar-refractivity contribution in [3.05, 3.63) is 22.5 Å². The Balaban J connectivity index is 1.90. The summed E-state index contributed by atoms with van der Waals surface area (Å²) in [6, 6.07) is 0. The standard InChI is InChI=1S/C22H36N4O4/c1-6-30-22(29)20-15(2)18(16(3)24-20)9-10-19(27)26-12-7-8-17(14-26)21(28)23-11-13-25(4)5/h17,24H,6-14H2,1-5H3,(H,23,28)/t17-/m1/s1. The lowest BCUT2D eigenvalue weighted by Crippen LogP contribution is -2.46. The van der Waals surface area contributed by atoms with Crippen molar-refractivity contribution in [3.63, 3.8) is 0 Å². The molecule has 2 rings (SSSR count). The van der Waals surface area contributed by atoms with Gasteiger partial charge in [-0.1, -0.05) is 0 Å². The van der Waals surface area contributed by atoms with Crippen molar-refractivity contribution in [1.29, 1.82) is 0 Å². The van der Waals surface area contributed by atoms with Gasteiger partial charge >= 0.3 is 5.97 Å². The minimum absolute atomic E-state index is 0.0331. The van der Waals surface area contributed by atoms with Gasteiger partial charge in [-0.3, -0.25) is 9.59 Å². The molecule has 0 aromatic carbocycles. The van der Waals surface area contributed by atoms with Crippen molar-refractivity contribution in [2.24, 2.45) is 5.92 Å². The number of nitrogens with zero attached hydrogens (tertiary/aromatic N) is 2. The molecule has 0 radical (unpaired) electrons. The largest absolute Gasteiger partial charge is 0.461 e. The molecule has 30 heavy (non-hydrogen) atoms. The molecule has 1 saturated heterocycles. The van der Waals surface area contributed by atoms with Crippen LogP contribution in [-0.2, 0) is 20.7 Å². The Bertz CT molecular complexity index is 757. The summed E-state index contributed by atoms with van der Waals surface area (Å²) in [5.74, 6) is -0.421. The molecule has 0 spiro atoms. The van der Waals surface area contributed by atoms with Gasteiger partial charge in [0.1, 0.15) is 5.69 Å². The number of rotatable bonds is 9. The van der Waals surface area contributed by atoms with Crippen LogP contribution in [0.15, 0.2) is 0 Å². The molecule has 2 heterocycles. The number of hydrogen-bond acceptors (Lipinski definition) is 5. The minimum Gasteiger partial charge on any atom is -0.461 e. The number of aromatic amines is 1. The van der Waals surface area contributed by atoms with Crippen LogP contribution in [0.1, 0.15) is 53.5 Å². The van der Waals surface area contributed by atoms with Gasteiger partial charge in [0, 0.05) is 38.3 Å². The summed E-state index contributed by atoms with van der Waals surface area (Å²) in [6.07, 6.45) is 2.57. The average molecular weight is 421 g/mol. The van der Waals surface area contributed by atoms with Crippen molar-refractivity contribution in [2.75, 3.05) is 46.9 Å². The Kier molecular flexibility index (Phi) is 8.89. The molecule has 1 aromatic rings. The fourth-order valence-electron chi connectivity index (χ4n) is 3.93. The fraction of sp³-hybridized carbons (Fsp3) is 0.682. The van der Waals surface area contributed by atoms with Gasteiger partial charge in [0.15, 0.2) is 0 Å². The van der Waals surface area contributed by atoms with E-state index in [2.05, 4.69) is 10.3 Å². The molecule has 0 unspecified atom stereocenters. The number of likely N-dealkylation sites (tertiary alicyclic amines) is 1. The third-order valence-corrected chi connectivity index (χ3v) is 5.66. The van der Waals surface area contributed by atoms with Gasteiger partial charge in [-0.2, -0.15) is 0 Å². The number of esters is 1. The molecule has 1 aromatic heterocycles. The second-order valence-electron chi connectivity index (χ2n) is 8.22. The number of nitrogens with one attached hydrogen (secondary N) is 2. The van der Waals surface area contributed by atoms with E-state index in [1.165, 1.54) is 0 Å². The fourth-order valence-corrected chi connectivity index (χ4v) is 3.93. The second kappa shape index (κ2) is 11.2. The summed E-state index contributed by atoms with van der Waals surface area (Å²) in [4.78, 5) is 44.2. The molecule has 1 fully saturated rings. The number of carbonyl (C=O) groups is 3. The maximum Gasteiger partial charge on any atom is 0.355 e. The Hall–Kier alpha value is -2.35. The topological polar surface area (TPSA) is 94.7 Å². The molecule has 8 heteroatoms. The van der Waals surface area contributed by atoms with E-state index in [1.54, 1.807) is 6.92 Å². The quantitative estimate of drug-likeness (QED) is 0.593. The van der Waals surface area contributed by atoms with Crippen LogP contribution in [0.3, 0.4) is 0 Å². The highest BCUT2D eigenvalue weighted by molar-refractivity contribution is 5.90. The van der Waals surface area contributed by atoms with Gasteiger partial charge in [-0.25, -0.2) is 4.79 Å². The molecular weight excluding hydrogens is 384 g/mol. The van der Waals surface area contributed by atoms with Crippen molar-refractivity contribution in [2.45, 2.75) is 46.5 Å². The summed E-state index contributed by atoms with van der Waals surface area (Å²) in [5, 5.41) is 2.97. The average Bonchev–Trinajstić information content (AvgIpc) is 2.99. The van der Waals surface area contributed by atoms with Crippen molar-refractivity contribution >= 4 is 17.8 Å². The number of piperidine rings is 1. The molecule has 0 bridgehead atoms. The second-order valence-corrected chi connectivity index (χ2v) is 8.22. The van der Waals surface area contributed by atoms with Gasteiger partial charge in [-0.05, 0) is 65.3 Å². The van der Waals surface area contributed by atoms with Crippen LogP contribution in [0.25, 0.3) is 0 Å². The van der Waals surface area contributed by atoms with Gasteiger partial charge < -0.3 is 24.8 Å². The molecule has 0 saturated carbocycles. The van der Waals surface area contributed by atoms with E-state index < -0.39 is 0 Å². The zero-order chi connectivity index (χ0) is 22.3. The maximum absolute atomic E-state index is 12.8. The zero-order valence-corrected chi connectivity index (χ0v) is 19.0. The first kappa shape index (κ1) is 23.9. The number of aryl methyl sites for hydroxylation is 1. The van der Waals surface area contributed by atoms with Gasteiger partial charge in [0.25, 0.3) is 0 Å². The van der Waals surface area contributed by atoms with Crippen LogP contribution < -0.4 is 5.32 Å². The number of carbonyl (C=O) groups excluding carboxylic acids is 3. The molecule has 1 atom stereocenters. The molecule has 1 aliphatic rings. The van der Waals surface area contributed by atoms with Crippen LogP contribution in [0.4, 0.5) is 0 Å². The van der Waals surface area contributed by atoms with Crippen molar-refractivity contribution in [3.8, 4) is 0 Å². The Morgan fingerprint density at radius 3 is 2.67 bits per heavy atom. The number of aromatic nitrogens is 1. The third-order valence-electron chi connectivity index (χ3n) is 5.66. The first-order chi connectivity index (χ1) is 14.2. The zero-order valence-electron chi connectivity index (χ0n) is 19.0. The highest BCUT2D eigenvalue weighted by atomic mass is 16.5. The lowest BCUT2D eigenvalue weighted by atomic mass is 9.96. The lowest BCUT2D eigenvalue weighted by Gasteiger charge is -2.32. The molecule has 2 amide bonds. The molecule has 0 aliphatic carbocycles. The summed E-state index contributed by atoms with van der Waals surface area (Å²) in [6.45, 7) is 8.47. The Morgan fingerprint density at radius 1 is 1.27 bits per heavy atom. The normalized spacial score (nSPS) is 16.6. The molecule has 8 nitrogen and oxygen atoms in total. The SMILES string of the molecule is CCOC(=O)c1[nH]c(C)c(CCC(=O)N2CCC[C@@H](C(=O)NCCN(C)C)C2)c1C. The lowest BCUT2D eigenvalue weighted by molar-refractivity contribution is -0.135. The van der Waals surface area contributed by atoms with E-state index in [0.29, 0.717) is 44.8 Å². The van der Waals surface area contributed by atoms with Crippen LogP contribution in [0, 0.1) is 19.8 Å². The molecule has 1 aliphatic heterocycles. The van der Waals surface area contributed by atoms with E-state index in [4.69, 9.17) is 4.74 Å². The summed E-state index contributed by atoms with van der Waals surface area (Å²) < 4.78 is 5.09. The van der Waals surface area contributed by atoms with Crippen LogP contribution in [0.5, 0.6) is 0 Å². The van der Waals surface area contributed by atoms with Crippen molar-refractivity contribution < 1.29 is 19.1 Å². The Morgan fingerprint density at radius 2 is 2.00 bits per heavy atom. The number of hydrogen-bond donors (Lipinski definition) is 2. The van der Waals surface area contributed by atoms with Crippen LogP contribution >= 0.6 is 0 Å². The highest BCUT2D eigenvalue weighted by Crippen LogP contribution is 2.22. The monoisotopic (exact) mass is 420 g/mol. The van der Waals surface area contributed by atoms with E-state index in [9.17, 15) is 14.4 Å². The Labute approximate surface area is 179 Å². The predicted octanol–water partition coefficient (Wildman–Crippen LogP) is 1.66. The van der Waals surface area contributed by atoms with E-state index in [1.807, 2.05) is 37.7 Å². The van der Waals surface area contributed by atoms with Crippen molar-refractivity contribution in [1.82, 2.24) is 20.1 Å². The summed E-state index contributed by atoms with van der Waals surface area (Å²) in [7, 11) is 3.94. The minimum atomic E-state index is -0.366. The first-order valence-electron chi connectivity index (χ1n) is 10.8. The molecular formula is C22H36N4O4. The van der Waals surface area contributed by atoms with Gasteiger partial charge in [0.2, 0.25) is 11.8 Å². The highest BCUT2D eigenvalue weighted by Gasteiger charge is 2.28. The predicted molar refractivity (Wildman–Crippen MR) is 115 cm³/mol. The van der Waals surface area contributed by atoms with E-state index in [0.717, 1.165) is 36.2 Å². The van der Waals surface area contributed by atoms with Gasteiger partial charge in [0.05, 0.1) is 12.5 Å². The summed E-state index contributed by atoms with van der Waals surface area (Å²) in [5.41, 5.74) is 3.18. The third kappa shape index (κ3) is 6.32. The smallest absolute Gasteiger partial charge is 0.355 e. The van der Waals surface area contributed by atoms with E-state index in [-0.39, 0.29) is 23.7 Å². The summed E-state index contributed by atoms with van der Waals surface area (Å²) >= 11 is 0. The number of amides is 2. The molecule has 168 valence electrons. The van der Waals surface area contributed by atoms with Crippen LogP contribution in [-0.4, -0.2) is 79.4 Å². The number of likely N-dealkylation sites (N-methyl/N-ethyl adjacent to an activating group) is 1. The number of ether oxygens (including phenoxy) is 1. The van der Waals surface area contributed by atoms with Gasteiger partial charge in [-0.15, -0.1) is 0 Å². The molecule has 2 N–H and O–H groups in total. The van der Waals surface area contributed by atoms with E-state index >= 15 is 0 Å². The first-order valence-corrected chi connectivity index (χ1v) is 10.8. The number of H-pyrrole nitrogens is 1.